The number of carbonyl (C=O) groups is 2. The van der Waals surface area contributed by atoms with E-state index in [0.29, 0.717) is 32.6 Å². The molecule has 2 heterocycles. The zero-order valence-corrected chi connectivity index (χ0v) is 15.9. The number of ether oxygens (including phenoxy) is 1. The van der Waals surface area contributed by atoms with E-state index in [0.717, 1.165) is 0 Å². The quantitative estimate of drug-likeness (QED) is 0.626. The molecule has 4 rings (SSSR count). The first-order valence-electron chi connectivity index (χ1n) is 8.00. The summed E-state index contributed by atoms with van der Waals surface area (Å²) in [7, 11) is 0. The Hall–Kier alpha value is -2.08. The fourth-order valence-corrected chi connectivity index (χ4v) is 3.87. The lowest BCUT2D eigenvalue weighted by atomic mass is 9.84. The van der Waals surface area contributed by atoms with E-state index in [1.165, 1.54) is 23.1 Å². The molecule has 8 heteroatoms. The smallest absolute Gasteiger partial charge is 0.336 e. The number of hydrogen-bond acceptors (Lipinski definition) is 3. The summed E-state index contributed by atoms with van der Waals surface area (Å²) in [4.78, 5) is 26.7. The molecule has 2 aromatic rings. The fraction of sp³-hybridized carbons (Fsp3) is 0.158. The number of esters is 1. The van der Waals surface area contributed by atoms with Gasteiger partial charge in [0.1, 0.15) is 12.4 Å². The van der Waals surface area contributed by atoms with E-state index in [-0.39, 0.29) is 24.0 Å². The van der Waals surface area contributed by atoms with Crippen molar-refractivity contribution < 1.29 is 18.7 Å². The fourth-order valence-electron chi connectivity index (χ4n) is 3.39. The summed E-state index contributed by atoms with van der Waals surface area (Å²) >= 11 is 17.9. The average Bonchev–Trinajstić information content (AvgIpc) is 3.01. The molecule has 1 amide bonds. The van der Waals surface area contributed by atoms with Gasteiger partial charge in [0, 0.05) is 12.3 Å². The Morgan fingerprint density at radius 3 is 2.48 bits per heavy atom. The molecule has 0 aromatic heterocycles. The third kappa shape index (κ3) is 3.10. The zero-order chi connectivity index (χ0) is 19.3. The van der Waals surface area contributed by atoms with Crippen LogP contribution in [0.1, 0.15) is 17.9 Å². The lowest BCUT2D eigenvalue weighted by molar-refractivity contribution is -0.136. The van der Waals surface area contributed by atoms with Crippen LogP contribution in [0.15, 0.2) is 47.7 Å². The second kappa shape index (κ2) is 6.82. The van der Waals surface area contributed by atoms with Gasteiger partial charge >= 0.3 is 5.97 Å². The van der Waals surface area contributed by atoms with Crippen LogP contribution in [-0.4, -0.2) is 18.5 Å². The minimum absolute atomic E-state index is 0.0287. The Morgan fingerprint density at radius 1 is 1.00 bits per heavy atom. The number of rotatable bonds is 2. The first-order valence-corrected chi connectivity index (χ1v) is 9.13. The Bertz CT molecular complexity index is 1020. The molecule has 1 unspecified atom stereocenters. The van der Waals surface area contributed by atoms with Crippen molar-refractivity contribution in [3.8, 4) is 0 Å². The van der Waals surface area contributed by atoms with Gasteiger partial charge in [-0.2, -0.15) is 0 Å². The summed E-state index contributed by atoms with van der Waals surface area (Å²) < 4.78 is 18.7. The van der Waals surface area contributed by atoms with E-state index >= 15 is 0 Å². The predicted octanol–water partition coefficient (Wildman–Crippen LogP) is 5.12. The maximum absolute atomic E-state index is 13.5. The van der Waals surface area contributed by atoms with Crippen LogP contribution in [0, 0.1) is 5.82 Å². The van der Waals surface area contributed by atoms with Gasteiger partial charge in [-0.25, -0.2) is 9.18 Å². The summed E-state index contributed by atoms with van der Waals surface area (Å²) in [6.07, 6.45) is 0.0287. The highest BCUT2D eigenvalue weighted by Crippen LogP contribution is 2.43. The number of amides is 1. The number of hydrogen-bond donors (Lipinski definition) is 0. The van der Waals surface area contributed by atoms with E-state index in [1.807, 2.05) is 0 Å². The van der Waals surface area contributed by atoms with Gasteiger partial charge in [0.05, 0.1) is 32.0 Å². The molecule has 0 saturated carbocycles. The molecule has 0 bridgehead atoms. The topological polar surface area (TPSA) is 46.6 Å². The van der Waals surface area contributed by atoms with Gasteiger partial charge in [0.15, 0.2) is 0 Å². The van der Waals surface area contributed by atoms with Crippen LogP contribution in [0.3, 0.4) is 0 Å². The molecule has 2 aromatic carbocycles. The minimum Gasteiger partial charge on any atom is -0.456 e. The van der Waals surface area contributed by atoms with E-state index < -0.39 is 17.7 Å². The third-order valence-electron chi connectivity index (χ3n) is 4.62. The molecule has 27 heavy (non-hydrogen) atoms. The van der Waals surface area contributed by atoms with Gasteiger partial charge in [-0.3, -0.25) is 9.69 Å². The van der Waals surface area contributed by atoms with Crippen molar-refractivity contribution in [3.63, 3.8) is 0 Å². The van der Waals surface area contributed by atoms with Gasteiger partial charge in [-0.05, 0) is 35.9 Å². The summed E-state index contributed by atoms with van der Waals surface area (Å²) in [5.41, 5.74) is 1.88. The predicted molar refractivity (Wildman–Crippen MR) is 101 cm³/mol. The average molecular weight is 427 g/mol. The molecule has 0 radical (unpaired) electrons. The van der Waals surface area contributed by atoms with Crippen LogP contribution in [0.25, 0.3) is 0 Å². The first-order chi connectivity index (χ1) is 12.9. The number of anilines is 1. The van der Waals surface area contributed by atoms with E-state index in [2.05, 4.69) is 0 Å². The second-order valence-electron chi connectivity index (χ2n) is 6.19. The van der Waals surface area contributed by atoms with Crippen molar-refractivity contribution in [2.24, 2.45) is 0 Å². The van der Waals surface area contributed by atoms with Crippen LogP contribution < -0.4 is 4.90 Å². The summed E-state index contributed by atoms with van der Waals surface area (Å²) in [5.74, 6) is -1.84. The van der Waals surface area contributed by atoms with Gasteiger partial charge in [0.25, 0.3) is 0 Å². The molecule has 4 nitrogen and oxygen atoms in total. The van der Waals surface area contributed by atoms with Crippen LogP contribution in [0.2, 0.25) is 15.1 Å². The van der Waals surface area contributed by atoms with Crippen LogP contribution in [0.4, 0.5) is 10.1 Å². The molecular weight excluding hydrogens is 416 g/mol. The highest BCUT2D eigenvalue weighted by Gasteiger charge is 2.43. The standard InChI is InChI=1S/C19H11Cl3FNO3/c20-12-3-1-9(5-13(12)21)11-7-17(25)24(16-8-27-19(26)18(11)16)10-2-4-15(23)14(22)6-10/h1-6,11H,7-8H2. The van der Waals surface area contributed by atoms with Crippen molar-refractivity contribution in [1.29, 1.82) is 0 Å². The monoisotopic (exact) mass is 425 g/mol. The molecule has 0 N–H and O–H groups in total. The lowest BCUT2D eigenvalue weighted by Gasteiger charge is -2.32. The van der Waals surface area contributed by atoms with Gasteiger partial charge in [0.2, 0.25) is 5.91 Å². The molecule has 1 atom stereocenters. The molecule has 0 saturated heterocycles. The minimum atomic E-state index is -0.591. The number of benzene rings is 2. The summed E-state index contributed by atoms with van der Waals surface area (Å²) in [6.45, 7) is -0.0489. The Kier molecular flexibility index (Phi) is 4.62. The lowest BCUT2D eigenvalue weighted by Crippen LogP contribution is -2.37. The number of halogens is 4. The SMILES string of the molecule is O=C1OCC2=C1C(c1ccc(Cl)c(Cl)c1)CC(=O)N2c1ccc(F)c(Cl)c1. The maximum Gasteiger partial charge on any atom is 0.336 e. The number of nitrogens with zero attached hydrogens (tertiary/aromatic N) is 1. The van der Waals surface area contributed by atoms with Crippen LogP contribution in [-0.2, 0) is 14.3 Å². The Labute approximate surface area is 169 Å². The van der Waals surface area contributed by atoms with Crippen molar-refractivity contribution >= 4 is 52.4 Å². The number of carbonyl (C=O) groups excluding carboxylic acids is 2. The molecular formula is C19H11Cl3FNO3. The molecule has 2 aliphatic heterocycles. The van der Waals surface area contributed by atoms with Gasteiger partial charge < -0.3 is 4.74 Å². The van der Waals surface area contributed by atoms with Crippen molar-refractivity contribution in [1.82, 2.24) is 0 Å². The van der Waals surface area contributed by atoms with E-state index in [4.69, 9.17) is 39.5 Å². The van der Waals surface area contributed by atoms with Crippen molar-refractivity contribution in [2.45, 2.75) is 12.3 Å². The normalized spacial score (nSPS) is 19.4. The Balaban J connectivity index is 1.83. The van der Waals surface area contributed by atoms with E-state index in [9.17, 15) is 14.0 Å². The maximum atomic E-state index is 13.5. The van der Waals surface area contributed by atoms with Crippen LogP contribution in [0.5, 0.6) is 0 Å². The zero-order valence-electron chi connectivity index (χ0n) is 13.6. The molecule has 0 aliphatic carbocycles. The largest absolute Gasteiger partial charge is 0.456 e. The summed E-state index contributed by atoms with van der Waals surface area (Å²) in [5, 5.41) is 0.607. The Morgan fingerprint density at radius 2 is 1.78 bits per heavy atom. The molecule has 2 aliphatic rings. The first kappa shape index (κ1) is 18.3. The molecule has 0 fully saturated rings. The van der Waals surface area contributed by atoms with Gasteiger partial charge in [-0.1, -0.05) is 40.9 Å². The third-order valence-corrected chi connectivity index (χ3v) is 5.65. The van der Waals surface area contributed by atoms with E-state index in [1.54, 1.807) is 18.2 Å². The van der Waals surface area contributed by atoms with Crippen LogP contribution >= 0.6 is 34.8 Å². The molecule has 0 spiro atoms. The number of cyclic esters (lactones) is 1. The van der Waals surface area contributed by atoms with Crippen molar-refractivity contribution in [3.05, 3.63) is 74.1 Å². The van der Waals surface area contributed by atoms with Crippen molar-refractivity contribution in [2.75, 3.05) is 11.5 Å². The highest BCUT2D eigenvalue weighted by molar-refractivity contribution is 6.42. The highest BCUT2D eigenvalue weighted by atomic mass is 35.5. The summed E-state index contributed by atoms with van der Waals surface area (Å²) in [6, 6.07) is 8.95. The second-order valence-corrected chi connectivity index (χ2v) is 7.42. The molecule has 138 valence electrons. The van der Waals surface area contributed by atoms with Gasteiger partial charge in [-0.15, -0.1) is 0 Å².